The van der Waals surface area contributed by atoms with Crippen molar-refractivity contribution in [1.29, 1.82) is 0 Å². The topological polar surface area (TPSA) is 12.0 Å². The molecule has 0 fully saturated rings. The molecule has 0 aliphatic rings. The van der Waals surface area contributed by atoms with Crippen LogP contribution in [0.3, 0.4) is 0 Å². The average molecular weight is 271 g/mol. The standard InChI is InChI=1S/C18H22FN/c1-14-13-16(19)11-12-17(14)18(20-2)10-6-9-15-7-4-3-5-8-15/h3-5,7-8,11-13,18,20H,6,9-10H2,1-2H3. The molecule has 2 heteroatoms. The van der Waals surface area contributed by atoms with Crippen LogP contribution < -0.4 is 5.32 Å². The first-order valence-electron chi connectivity index (χ1n) is 7.18. The van der Waals surface area contributed by atoms with E-state index in [2.05, 4.69) is 29.6 Å². The molecule has 20 heavy (non-hydrogen) atoms. The molecule has 0 spiro atoms. The number of rotatable bonds is 6. The zero-order valence-corrected chi connectivity index (χ0v) is 12.2. The molecule has 1 unspecified atom stereocenters. The highest BCUT2D eigenvalue weighted by Crippen LogP contribution is 2.23. The van der Waals surface area contributed by atoms with E-state index in [0.29, 0.717) is 6.04 Å². The third-order valence-corrected chi connectivity index (χ3v) is 3.76. The second-order valence-corrected chi connectivity index (χ2v) is 5.22. The highest BCUT2D eigenvalue weighted by molar-refractivity contribution is 5.29. The molecule has 106 valence electrons. The van der Waals surface area contributed by atoms with Crippen molar-refractivity contribution in [2.24, 2.45) is 0 Å². The second-order valence-electron chi connectivity index (χ2n) is 5.22. The van der Waals surface area contributed by atoms with Crippen molar-refractivity contribution in [2.45, 2.75) is 32.2 Å². The van der Waals surface area contributed by atoms with Gasteiger partial charge in [-0.25, -0.2) is 4.39 Å². The van der Waals surface area contributed by atoms with Gasteiger partial charge in [-0.3, -0.25) is 0 Å². The first-order valence-corrected chi connectivity index (χ1v) is 7.18. The molecule has 0 saturated carbocycles. The summed E-state index contributed by atoms with van der Waals surface area (Å²) in [5, 5.41) is 3.34. The number of nitrogens with one attached hydrogen (secondary N) is 1. The Kier molecular flexibility index (Phi) is 5.31. The molecule has 1 nitrogen and oxygen atoms in total. The predicted molar refractivity (Wildman–Crippen MR) is 82.3 cm³/mol. The number of hydrogen-bond acceptors (Lipinski definition) is 1. The minimum Gasteiger partial charge on any atom is -0.313 e. The molecule has 0 radical (unpaired) electrons. The third kappa shape index (κ3) is 3.91. The van der Waals surface area contributed by atoms with Crippen LogP contribution in [0.15, 0.2) is 48.5 Å². The first-order chi connectivity index (χ1) is 9.70. The van der Waals surface area contributed by atoms with Gasteiger partial charge in [-0.15, -0.1) is 0 Å². The lowest BCUT2D eigenvalue weighted by Crippen LogP contribution is -2.17. The summed E-state index contributed by atoms with van der Waals surface area (Å²) in [6.07, 6.45) is 3.25. The zero-order chi connectivity index (χ0) is 14.4. The van der Waals surface area contributed by atoms with Gasteiger partial charge in [-0.1, -0.05) is 36.4 Å². The van der Waals surface area contributed by atoms with Crippen molar-refractivity contribution in [1.82, 2.24) is 5.32 Å². The van der Waals surface area contributed by atoms with Gasteiger partial charge >= 0.3 is 0 Å². The maximum Gasteiger partial charge on any atom is 0.123 e. The van der Waals surface area contributed by atoms with Crippen LogP contribution in [0.4, 0.5) is 4.39 Å². The van der Waals surface area contributed by atoms with E-state index in [-0.39, 0.29) is 5.82 Å². The smallest absolute Gasteiger partial charge is 0.123 e. The third-order valence-electron chi connectivity index (χ3n) is 3.76. The highest BCUT2D eigenvalue weighted by Gasteiger charge is 2.12. The van der Waals surface area contributed by atoms with Gasteiger partial charge < -0.3 is 5.32 Å². The Morgan fingerprint density at radius 3 is 2.50 bits per heavy atom. The number of aryl methyl sites for hydroxylation is 2. The Morgan fingerprint density at radius 2 is 1.85 bits per heavy atom. The molecular weight excluding hydrogens is 249 g/mol. The molecule has 0 amide bonds. The van der Waals surface area contributed by atoms with Crippen molar-refractivity contribution in [3.05, 3.63) is 71.0 Å². The number of benzene rings is 2. The molecule has 0 heterocycles. The maximum absolute atomic E-state index is 13.2. The van der Waals surface area contributed by atoms with E-state index in [1.807, 2.05) is 26.1 Å². The highest BCUT2D eigenvalue weighted by atomic mass is 19.1. The first kappa shape index (κ1) is 14.7. The van der Waals surface area contributed by atoms with E-state index >= 15 is 0 Å². The van der Waals surface area contributed by atoms with Crippen molar-refractivity contribution >= 4 is 0 Å². The lowest BCUT2D eigenvalue weighted by molar-refractivity contribution is 0.523. The predicted octanol–water partition coefficient (Wildman–Crippen LogP) is 4.42. The quantitative estimate of drug-likeness (QED) is 0.820. The van der Waals surface area contributed by atoms with E-state index in [0.717, 1.165) is 24.8 Å². The van der Waals surface area contributed by atoms with Gasteiger partial charge in [0.05, 0.1) is 0 Å². The zero-order valence-electron chi connectivity index (χ0n) is 12.2. The molecule has 0 saturated heterocycles. The van der Waals surface area contributed by atoms with Crippen LogP contribution in [-0.2, 0) is 6.42 Å². The van der Waals surface area contributed by atoms with Crippen LogP contribution in [-0.4, -0.2) is 7.05 Å². The lowest BCUT2D eigenvalue weighted by atomic mass is 9.96. The van der Waals surface area contributed by atoms with Crippen molar-refractivity contribution in [2.75, 3.05) is 7.05 Å². The van der Waals surface area contributed by atoms with E-state index in [4.69, 9.17) is 0 Å². The van der Waals surface area contributed by atoms with E-state index in [1.165, 1.54) is 11.1 Å². The fraction of sp³-hybridized carbons (Fsp3) is 0.333. The number of halogens is 1. The second kappa shape index (κ2) is 7.20. The van der Waals surface area contributed by atoms with Gasteiger partial charge in [0, 0.05) is 6.04 Å². The van der Waals surface area contributed by atoms with Gasteiger partial charge in [0.25, 0.3) is 0 Å². The molecule has 0 bridgehead atoms. The summed E-state index contributed by atoms with van der Waals surface area (Å²) < 4.78 is 13.2. The minimum absolute atomic E-state index is 0.162. The molecule has 1 atom stereocenters. The van der Waals surface area contributed by atoms with Crippen LogP contribution in [0, 0.1) is 12.7 Å². The average Bonchev–Trinajstić information content (AvgIpc) is 2.46. The summed E-state index contributed by atoms with van der Waals surface area (Å²) in [5.74, 6) is -0.162. The lowest BCUT2D eigenvalue weighted by Gasteiger charge is -2.19. The monoisotopic (exact) mass is 271 g/mol. The van der Waals surface area contributed by atoms with Crippen LogP contribution in [0.1, 0.15) is 35.6 Å². The normalized spacial score (nSPS) is 12.3. The molecule has 1 N–H and O–H groups in total. The fourth-order valence-electron chi connectivity index (χ4n) is 2.64. The van der Waals surface area contributed by atoms with Gasteiger partial charge in [0.15, 0.2) is 0 Å². The molecule has 0 aliphatic heterocycles. The summed E-state index contributed by atoms with van der Waals surface area (Å²) in [5.41, 5.74) is 3.59. The molecule has 2 aromatic carbocycles. The molecule has 0 aromatic heterocycles. The summed E-state index contributed by atoms with van der Waals surface area (Å²) in [6, 6.07) is 15.9. The van der Waals surface area contributed by atoms with Crippen molar-refractivity contribution in [3.8, 4) is 0 Å². The van der Waals surface area contributed by atoms with Crippen molar-refractivity contribution < 1.29 is 4.39 Å². The number of hydrogen-bond donors (Lipinski definition) is 1. The minimum atomic E-state index is -0.162. The Hall–Kier alpha value is -1.67. The fourth-order valence-corrected chi connectivity index (χ4v) is 2.64. The maximum atomic E-state index is 13.2. The van der Waals surface area contributed by atoms with Gasteiger partial charge in [0.1, 0.15) is 5.82 Å². The molecular formula is C18H22FN. The molecule has 2 aromatic rings. The van der Waals surface area contributed by atoms with Crippen LogP contribution in [0.25, 0.3) is 0 Å². The molecule has 0 aliphatic carbocycles. The van der Waals surface area contributed by atoms with Gasteiger partial charge in [-0.05, 0) is 62.1 Å². The van der Waals surface area contributed by atoms with Gasteiger partial charge in [0.2, 0.25) is 0 Å². The van der Waals surface area contributed by atoms with Gasteiger partial charge in [-0.2, -0.15) is 0 Å². The van der Waals surface area contributed by atoms with Crippen LogP contribution in [0.5, 0.6) is 0 Å². The summed E-state index contributed by atoms with van der Waals surface area (Å²) in [7, 11) is 1.97. The van der Waals surface area contributed by atoms with E-state index in [9.17, 15) is 4.39 Å². The Morgan fingerprint density at radius 1 is 1.10 bits per heavy atom. The Bertz CT molecular complexity index is 536. The van der Waals surface area contributed by atoms with Crippen LogP contribution in [0.2, 0.25) is 0 Å². The summed E-state index contributed by atoms with van der Waals surface area (Å²) in [6.45, 7) is 1.97. The Labute approximate surface area is 120 Å². The van der Waals surface area contributed by atoms with Crippen LogP contribution >= 0.6 is 0 Å². The molecule has 2 rings (SSSR count). The van der Waals surface area contributed by atoms with E-state index < -0.39 is 0 Å². The SMILES string of the molecule is CNC(CCCc1ccccc1)c1ccc(F)cc1C. The largest absolute Gasteiger partial charge is 0.313 e. The van der Waals surface area contributed by atoms with E-state index in [1.54, 1.807) is 12.1 Å². The van der Waals surface area contributed by atoms with Crippen molar-refractivity contribution in [3.63, 3.8) is 0 Å². The summed E-state index contributed by atoms with van der Waals surface area (Å²) in [4.78, 5) is 0. The Balaban J connectivity index is 1.95. The summed E-state index contributed by atoms with van der Waals surface area (Å²) >= 11 is 0.